The Hall–Kier alpha value is -2.21. The van der Waals surface area contributed by atoms with Crippen molar-refractivity contribution in [2.45, 2.75) is 45.6 Å². The van der Waals surface area contributed by atoms with Crippen LogP contribution in [-0.2, 0) is 0 Å². The maximum absolute atomic E-state index is 12.9. The van der Waals surface area contributed by atoms with Gasteiger partial charge < -0.3 is 10.2 Å². The van der Waals surface area contributed by atoms with Crippen LogP contribution in [0.25, 0.3) is 0 Å². The van der Waals surface area contributed by atoms with Crippen LogP contribution in [0.15, 0.2) is 24.3 Å². The van der Waals surface area contributed by atoms with Crippen LogP contribution < -0.4 is 10.2 Å². The highest BCUT2D eigenvalue weighted by Crippen LogP contribution is 2.24. The molecule has 1 aliphatic heterocycles. The van der Waals surface area contributed by atoms with E-state index in [0.29, 0.717) is 17.7 Å². The number of aromatic nitrogens is 3. The van der Waals surface area contributed by atoms with Crippen molar-refractivity contribution in [3.63, 3.8) is 0 Å². The molecule has 1 amide bonds. The van der Waals surface area contributed by atoms with Gasteiger partial charge in [-0.15, -0.1) is 5.10 Å². The summed E-state index contributed by atoms with van der Waals surface area (Å²) in [4.78, 5) is 14.6. The largest absolute Gasteiger partial charge is 0.317 e. The number of benzene rings is 1. The minimum atomic E-state index is -0.112. The van der Waals surface area contributed by atoms with E-state index in [1.807, 2.05) is 23.7 Å². The van der Waals surface area contributed by atoms with Crippen molar-refractivity contribution < 1.29 is 4.79 Å². The number of nitrogens with one attached hydrogen (secondary N) is 1. The summed E-state index contributed by atoms with van der Waals surface area (Å²) in [5.41, 5.74) is 3.39. The van der Waals surface area contributed by atoms with Crippen LogP contribution in [0, 0.1) is 6.92 Å². The fourth-order valence-electron chi connectivity index (χ4n) is 3.31. The van der Waals surface area contributed by atoms with Gasteiger partial charge in [-0.3, -0.25) is 4.79 Å². The third-order valence-electron chi connectivity index (χ3n) is 5.01. The van der Waals surface area contributed by atoms with Crippen LogP contribution in [0.3, 0.4) is 0 Å². The van der Waals surface area contributed by atoms with Crippen molar-refractivity contribution in [3.05, 3.63) is 41.2 Å². The van der Waals surface area contributed by atoms with E-state index in [0.717, 1.165) is 37.3 Å². The van der Waals surface area contributed by atoms with Crippen molar-refractivity contribution in [2.75, 3.05) is 25.0 Å². The Kier molecular flexibility index (Phi) is 5.18. The fraction of sp³-hybridized carbons (Fsp3) is 0.526. The normalized spacial score (nSPS) is 15.6. The Morgan fingerprint density at radius 2 is 2.04 bits per heavy atom. The minimum Gasteiger partial charge on any atom is -0.317 e. The Morgan fingerprint density at radius 1 is 1.32 bits per heavy atom. The zero-order chi connectivity index (χ0) is 18.0. The molecule has 0 saturated carbocycles. The van der Waals surface area contributed by atoms with Gasteiger partial charge in [0, 0.05) is 12.7 Å². The Morgan fingerprint density at radius 3 is 2.72 bits per heavy atom. The molecular formula is C19H27N5O. The van der Waals surface area contributed by atoms with Gasteiger partial charge in [0.15, 0.2) is 5.69 Å². The van der Waals surface area contributed by atoms with Crippen LogP contribution in [0.5, 0.6) is 0 Å². The number of hydrogen-bond donors (Lipinski definition) is 1. The number of hydrogen-bond acceptors (Lipinski definition) is 4. The number of rotatable bonds is 4. The van der Waals surface area contributed by atoms with Gasteiger partial charge in [0.05, 0.1) is 11.7 Å². The van der Waals surface area contributed by atoms with E-state index in [4.69, 9.17) is 0 Å². The molecule has 0 aliphatic carbocycles. The SMILES string of the molecule is Cc1c(C(=O)N(C)c2cccc(C(C)C)c2)nnn1C1CCNCC1. The molecule has 0 bridgehead atoms. The van der Waals surface area contributed by atoms with Crippen molar-refractivity contribution in [1.82, 2.24) is 20.3 Å². The highest BCUT2D eigenvalue weighted by molar-refractivity contribution is 6.05. The fourth-order valence-corrected chi connectivity index (χ4v) is 3.31. The van der Waals surface area contributed by atoms with Crippen LogP contribution in [0.2, 0.25) is 0 Å². The Bertz CT molecular complexity index is 746. The molecule has 1 aromatic carbocycles. The van der Waals surface area contributed by atoms with Crippen LogP contribution in [0.1, 0.15) is 60.4 Å². The third kappa shape index (κ3) is 3.58. The summed E-state index contributed by atoms with van der Waals surface area (Å²) in [6, 6.07) is 8.42. The van der Waals surface area contributed by atoms with E-state index in [9.17, 15) is 4.79 Å². The lowest BCUT2D eigenvalue weighted by atomic mass is 10.0. The van der Waals surface area contributed by atoms with Gasteiger partial charge in [-0.1, -0.05) is 31.2 Å². The zero-order valence-corrected chi connectivity index (χ0v) is 15.5. The number of nitrogens with zero attached hydrogens (tertiary/aromatic N) is 4. The zero-order valence-electron chi connectivity index (χ0n) is 15.5. The molecule has 0 radical (unpaired) electrons. The van der Waals surface area contributed by atoms with Gasteiger partial charge >= 0.3 is 0 Å². The number of piperidine rings is 1. The highest BCUT2D eigenvalue weighted by atomic mass is 16.2. The molecule has 2 heterocycles. The maximum Gasteiger partial charge on any atom is 0.280 e. The predicted octanol–water partition coefficient (Wildman–Crippen LogP) is 2.91. The van der Waals surface area contributed by atoms with Gasteiger partial charge in [-0.25, -0.2) is 4.68 Å². The van der Waals surface area contributed by atoms with Gasteiger partial charge in [-0.05, 0) is 56.5 Å². The highest BCUT2D eigenvalue weighted by Gasteiger charge is 2.25. The molecule has 0 unspecified atom stereocenters. The van der Waals surface area contributed by atoms with Gasteiger partial charge in [-0.2, -0.15) is 0 Å². The second-order valence-electron chi connectivity index (χ2n) is 7.06. The summed E-state index contributed by atoms with van der Waals surface area (Å²) >= 11 is 0. The van der Waals surface area contributed by atoms with Crippen LogP contribution >= 0.6 is 0 Å². The van der Waals surface area contributed by atoms with Crippen molar-refractivity contribution in [1.29, 1.82) is 0 Å². The number of carbonyl (C=O) groups is 1. The molecule has 25 heavy (non-hydrogen) atoms. The monoisotopic (exact) mass is 341 g/mol. The smallest absolute Gasteiger partial charge is 0.280 e. The lowest BCUT2D eigenvalue weighted by Gasteiger charge is -2.23. The molecule has 1 aliphatic rings. The molecule has 6 nitrogen and oxygen atoms in total. The second-order valence-corrected chi connectivity index (χ2v) is 7.06. The van der Waals surface area contributed by atoms with Gasteiger partial charge in [0.1, 0.15) is 0 Å². The predicted molar refractivity (Wildman–Crippen MR) is 99.2 cm³/mol. The molecule has 0 spiro atoms. The van der Waals surface area contributed by atoms with Crippen molar-refractivity contribution in [3.8, 4) is 0 Å². The molecule has 1 fully saturated rings. The van der Waals surface area contributed by atoms with Crippen molar-refractivity contribution in [2.24, 2.45) is 0 Å². The topological polar surface area (TPSA) is 63.1 Å². The first-order chi connectivity index (χ1) is 12.0. The lowest BCUT2D eigenvalue weighted by molar-refractivity contribution is 0.0987. The third-order valence-corrected chi connectivity index (χ3v) is 5.01. The van der Waals surface area contributed by atoms with Crippen molar-refractivity contribution >= 4 is 11.6 Å². The Labute approximate surface area is 149 Å². The first kappa shape index (κ1) is 17.6. The molecule has 3 rings (SSSR count). The average Bonchev–Trinajstić information content (AvgIpc) is 3.02. The quantitative estimate of drug-likeness (QED) is 0.929. The lowest BCUT2D eigenvalue weighted by Crippen LogP contribution is -2.31. The van der Waals surface area contributed by atoms with E-state index < -0.39 is 0 Å². The summed E-state index contributed by atoms with van der Waals surface area (Å²) < 4.78 is 1.92. The Balaban J connectivity index is 1.83. The molecule has 6 heteroatoms. The molecule has 0 atom stereocenters. The van der Waals surface area contributed by atoms with E-state index in [-0.39, 0.29) is 5.91 Å². The summed E-state index contributed by atoms with van der Waals surface area (Å²) in [5, 5.41) is 11.8. The molecule has 1 N–H and O–H groups in total. The molecule has 2 aromatic rings. The van der Waals surface area contributed by atoms with Gasteiger partial charge in [0.25, 0.3) is 5.91 Å². The van der Waals surface area contributed by atoms with E-state index >= 15 is 0 Å². The summed E-state index contributed by atoms with van der Waals surface area (Å²) in [5.74, 6) is 0.310. The summed E-state index contributed by atoms with van der Waals surface area (Å²) in [7, 11) is 1.80. The number of amides is 1. The molecule has 134 valence electrons. The van der Waals surface area contributed by atoms with Crippen LogP contribution in [0.4, 0.5) is 5.69 Å². The van der Waals surface area contributed by atoms with Crippen LogP contribution in [-0.4, -0.2) is 41.0 Å². The number of carbonyl (C=O) groups excluding carboxylic acids is 1. The molecule has 1 aromatic heterocycles. The minimum absolute atomic E-state index is 0.112. The maximum atomic E-state index is 12.9. The number of anilines is 1. The van der Waals surface area contributed by atoms with Gasteiger partial charge in [0.2, 0.25) is 0 Å². The molecule has 1 saturated heterocycles. The van der Waals surface area contributed by atoms with E-state index in [1.165, 1.54) is 5.56 Å². The molecular weight excluding hydrogens is 314 g/mol. The standard InChI is InChI=1S/C19H27N5O/c1-13(2)15-6-5-7-17(12-15)23(4)19(25)18-14(3)24(22-21-18)16-8-10-20-11-9-16/h5-7,12-13,16,20H,8-11H2,1-4H3. The first-order valence-electron chi connectivity index (χ1n) is 8.99. The second kappa shape index (κ2) is 7.35. The average molecular weight is 341 g/mol. The van der Waals surface area contributed by atoms with E-state index in [1.54, 1.807) is 11.9 Å². The summed E-state index contributed by atoms with van der Waals surface area (Å²) in [6.45, 7) is 8.20. The first-order valence-corrected chi connectivity index (χ1v) is 8.99. The summed E-state index contributed by atoms with van der Waals surface area (Å²) in [6.07, 6.45) is 2.04. The van der Waals surface area contributed by atoms with E-state index in [2.05, 4.69) is 41.6 Å².